The Morgan fingerprint density at radius 3 is 2.47 bits per heavy atom. The van der Waals surface area contributed by atoms with E-state index in [4.69, 9.17) is 4.74 Å². The summed E-state index contributed by atoms with van der Waals surface area (Å²) in [6.45, 7) is 1.58. The van der Waals surface area contributed by atoms with Crippen molar-refractivity contribution in [3.63, 3.8) is 0 Å². The Bertz CT molecular complexity index is 1370. The van der Waals surface area contributed by atoms with Crippen LogP contribution in [0.1, 0.15) is 24.5 Å². The molecule has 7 nitrogen and oxygen atoms in total. The van der Waals surface area contributed by atoms with Crippen LogP contribution in [0.2, 0.25) is 0 Å². The highest BCUT2D eigenvalue weighted by molar-refractivity contribution is 7.91. The van der Waals surface area contributed by atoms with Gasteiger partial charge < -0.3 is 4.74 Å². The first-order valence-corrected chi connectivity index (χ1v) is 12.4. The molecular weight excluding hydrogens is 459 g/mol. The number of carbonyl (C=O) groups excluding carboxylic acids is 2. The number of sulfone groups is 1. The van der Waals surface area contributed by atoms with E-state index in [0.717, 1.165) is 4.90 Å². The van der Waals surface area contributed by atoms with E-state index in [1.165, 1.54) is 13.0 Å². The van der Waals surface area contributed by atoms with E-state index in [1.54, 1.807) is 48.5 Å². The van der Waals surface area contributed by atoms with E-state index in [-0.39, 0.29) is 47.1 Å². The molecule has 1 fully saturated rings. The first-order chi connectivity index (χ1) is 16.2. The minimum absolute atomic E-state index is 0.0559. The highest BCUT2D eigenvalue weighted by atomic mass is 32.2. The minimum atomic E-state index is -3.34. The molecule has 2 aromatic carbocycles. The van der Waals surface area contributed by atoms with Crippen molar-refractivity contribution in [3.05, 3.63) is 82.2 Å². The van der Waals surface area contributed by atoms with Crippen molar-refractivity contribution in [1.82, 2.24) is 4.90 Å². The molecule has 1 atom stereocenters. The number of halogens is 1. The quantitative estimate of drug-likeness (QED) is 0.481. The highest BCUT2D eigenvalue weighted by Crippen LogP contribution is 2.31. The van der Waals surface area contributed by atoms with Crippen molar-refractivity contribution in [1.29, 1.82) is 5.26 Å². The van der Waals surface area contributed by atoms with E-state index in [2.05, 4.69) is 0 Å². The third kappa shape index (κ3) is 4.63. The minimum Gasteiger partial charge on any atom is -0.489 e. The second-order valence-electron chi connectivity index (χ2n) is 8.16. The Kier molecular flexibility index (Phi) is 6.35. The summed E-state index contributed by atoms with van der Waals surface area (Å²) in [5, 5.41) is 9.52. The second kappa shape index (κ2) is 9.23. The summed E-state index contributed by atoms with van der Waals surface area (Å²) >= 11 is 0. The average Bonchev–Trinajstić information content (AvgIpc) is 3.16. The van der Waals surface area contributed by atoms with Crippen molar-refractivity contribution in [2.24, 2.45) is 0 Å². The van der Waals surface area contributed by atoms with Crippen LogP contribution in [-0.4, -0.2) is 42.7 Å². The number of rotatable bonds is 5. The van der Waals surface area contributed by atoms with Crippen LogP contribution >= 0.6 is 0 Å². The van der Waals surface area contributed by atoms with Crippen molar-refractivity contribution in [2.75, 3.05) is 11.5 Å². The zero-order chi connectivity index (χ0) is 24.5. The van der Waals surface area contributed by atoms with Crippen LogP contribution in [0.3, 0.4) is 0 Å². The summed E-state index contributed by atoms with van der Waals surface area (Å²) in [7, 11) is -3.34. The maximum Gasteiger partial charge on any atom is 0.271 e. The predicted octanol–water partition coefficient (Wildman–Crippen LogP) is 3.18. The van der Waals surface area contributed by atoms with Crippen LogP contribution in [0.15, 0.2) is 65.3 Å². The van der Waals surface area contributed by atoms with Gasteiger partial charge in [0, 0.05) is 11.1 Å². The molecule has 1 saturated heterocycles. The fourth-order valence-corrected chi connectivity index (χ4v) is 5.71. The molecule has 0 unspecified atom stereocenters. The Morgan fingerprint density at radius 1 is 1.15 bits per heavy atom. The van der Waals surface area contributed by atoms with Crippen LogP contribution in [0.5, 0.6) is 5.75 Å². The Morgan fingerprint density at radius 2 is 1.85 bits per heavy atom. The average molecular weight is 481 g/mol. The van der Waals surface area contributed by atoms with Crippen LogP contribution in [0.4, 0.5) is 4.39 Å². The molecule has 2 amide bonds. The van der Waals surface area contributed by atoms with E-state index in [1.807, 2.05) is 6.07 Å². The van der Waals surface area contributed by atoms with Gasteiger partial charge in [0.1, 0.15) is 29.8 Å². The van der Waals surface area contributed by atoms with Crippen molar-refractivity contribution in [2.45, 2.75) is 26.0 Å². The smallest absolute Gasteiger partial charge is 0.271 e. The van der Waals surface area contributed by atoms with E-state index >= 15 is 0 Å². The maximum absolute atomic E-state index is 13.8. The van der Waals surface area contributed by atoms with Gasteiger partial charge in [-0.25, -0.2) is 12.8 Å². The summed E-state index contributed by atoms with van der Waals surface area (Å²) in [5.74, 6) is -1.65. The Hall–Kier alpha value is -3.77. The molecule has 0 aliphatic carbocycles. The molecule has 0 aromatic heterocycles. The number of hydrogen-bond acceptors (Lipinski definition) is 6. The molecule has 9 heteroatoms. The number of amides is 2. The van der Waals surface area contributed by atoms with Crippen molar-refractivity contribution >= 4 is 27.7 Å². The highest BCUT2D eigenvalue weighted by Gasteiger charge is 2.43. The largest absolute Gasteiger partial charge is 0.489 e. The third-order valence-corrected chi connectivity index (χ3v) is 7.64. The van der Waals surface area contributed by atoms with Crippen LogP contribution in [0.25, 0.3) is 6.08 Å². The van der Waals surface area contributed by atoms with Crippen molar-refractivity contribution in [3.8, 4) is 11.8 Å². The Balaban J connectivity index is 1.58. The standard InChI is InChI=1S/C25H21FN2O5S/c1-16-21(24(29)28(25(30)22(16)13-27)19-10-11-34(31,32)15-19)12-17-6-8-20(9-7-17)33-14-18-4-2-3-5-23(18)26/h2-9,12,19H,10-11,14-15H2,1H3/b21-12+/t19-/m0/s1. The predicted molar refractivity (Wildman–Crippen MR) is 122 cm³/mol. The number of benzene rings is 2. The molecule has 2 heterocycles. The molecule has 2 aliphatic rings. The van der Waals surface area contributed by atoms with Gasteiger partial charge in [-0.05, 0) is 48.8 Å². The van der Waals surface area contributed by atoms with E-state index in [9.17, 15) is 27.7 Å². The van der Waals surface area contributed by atoms with Gasteiger partial charge in [-0.1, -0.05) is 30.3 Å². The zero-order valence-electron chi connectivity index (χ0n) is 18.3. The lowest BCUT2D eigenvalue weighted by Crippen LogP contribution is -2.49. The summed E-state index contributed by atoms with van der Waals surface area (Å²) in [6, 6.07) is 14.1. The third-order valence-electron chi connectivity index (χ3n) is 5.89. The SMILES string of the molecule is CC1=C(C#N)C(=O)N([C@H]2CCS(=O)(=O)C2)C(=O)/C1=C/c1ccc(OCc2ccccc2F)cc1. The number of carbonyl (C=O) groups is 2. The number of nitriles is 1. The second-order valence-corrected chi connectivity index (χ2v) is 10.4. The summed E-state index contributed by atoms with van der Waals surface area (Å²) in [5.41, 5.74) is 1.26. The van der Waals surface area contributed by atoms with Gasteiger partial charge in [-0.2, -0.15) is 5.26 Å². The molecule has 2 aliphatic heterocycles. The van der Waals surface area contributed by atoms with Gasteiger partial charge in [0.2, 0.25) is 0 Å². The van der Waals surface area contributed by atoms with Crippen LogP contribution in [0, 0.1) is 17.1 Å². The lowest BCUT2D eigenvalue weighted by atomic mass is 9.92. The lowest BCUT2D eigenvalue weighted by Gasteiger charge is -2.31. The van der Waals surface area contributed by atoms with Gasteiger partial charge in [-0.15, -0.1) is 0 Å². The van der Waals surface area contributed by atoms with E-state index < -0.39 is 27.7 Å². The number of ether oxygens (including phenoxy) is 1. The van der Waals surface area contributed by atoms with Gasteiger partial charge in [-0.3, -0.25) is 14.5 Å². The monoisotopic (exact) mass is 480 g/mol. The fraction of sp³-hybridized carbons (Fsp3) is 0.240. The molecule has 0 N–H and O–H groups in total. The van der Waals surface area contributed by atoms with Crippen molar-refractivity contribution < 1.29 is 27.1 Å². The molecule has 2 aromatic rings. The molecule has 0 spiro atoms. The summed E-state index contributed by atoms with van der Waals surface area (Å²) < 4.78 is 43.2. The van der Waals surface area contributed by atoms with Gasteiger partial charge in [0.25, 0.3) is 11.8 Å². The van der Waals surface area contributed by atoms with Gasteiger partial charge >= 0.3 is 0 Å². The Labute approximate surface area is 196 Å². The molecule has 4 rings (SSSR count). The molecule has 34 heavy (non-hydrogen) atoms. The van der Waals surface area contributed by atoms with E-state index in [0.29, 0.717) is 16.9 Å². The first-order valence-electron chi connectivity index (χ1n) is 10.6. The van der Waals surface area contributed by atoms with Crippen LogP contribution in [-0.2, 0) is 26.0 Å². The normalized spacial score (nSPS) is 21.1. The van der Waals surface area contributed by atoms with Gasteiger partial charge in [0.05, 0.1) is 17.5 Å². The number of hydrogen-bond donors (Lipinski definition) is 0. The van der Waals surface area contributed by atoms with Crippen LogP contribution < -0.4 is 4.74 Å². The maximum atomic E-state index is 13.8. The molecular formula is C25H21FN2O5S. The molecule has 0 radical (unpaired) electrons. The molecule has 174 valence electrons. The lowest BCUT2D eigenvalue weighted by molar-refractivity contribution is -0.142. The topological polar surface area (TPSA) is 105 Å². The zero-order valence-corrected chi connectivity index (χ0v) is 19.1. The number of imide groups is 1. The summed E-state index contributed by atoms with van der Waals surface area (Å²) in [6.07, 6.45) is 1.71. The molecule has 0 saturated carbocycles. The summed E-state index contributed by atoms with van der Waals surface area (Å²) in [4.78, 5) is 26.9. The first kappa shape index (κ1) is 23.4. The fourth-order valence-electron chi connectivity index (χ4n) is 4.01. The molecule has 0 bridgehead atoms. The van der Waals surface area contributed by atoms with Gasteiger partial charge in [0.15, 0.2) is 9.84 Å². The number of nitrogens with zero attached hydrogens (tertiary/aromatic N) is 2.